The third kappa shape index (κ3) is 5.38. The molecule has 0 saturated heterocycles. The van der Waals surface area contributed by atoms with Gasteiger partial charge in [0.25, 0.3) is 0 Å². The lowest BCUT2D eigenvalue weighted by molar-refractivity contribution is -0.118. The third-order valence-corrected chi connectivity index (χ3v) is 8.27. The highest BCUT2D eigenvalue weighted by Gasteiger charge is 2.41. The van der Waals surface area contributed by atoms with Gasteiger partial charge in [0.1, 0.15) is 0 Å². The number of nitrogens with zero attached hydrogens (tertiary/aromatic N) is 2. The van der Waals surface area contributed by atoms with Gasteiger partial charge in [0.2, 0.25) is 5.91 Å². The van der Waals surface area contributed by atoms with Gasteiger partial charge in [-0.2, -0.15) is 0 Å². The maximum Gasteiger partial charge on any atom is 0.232 e. The number of allylic oxidation sites excluding steroid dienone is 1. The van der Waals surface area contributed by atoms with E-state index in [2.05, 4.69) is 5.32 Å². The monoisotopic (exact) mass is 561 g/mol. The van der Waals surface area contributed by atoms with Crippen molar-refractivity contribution in [2.24, 2.45) is 0 Å². The molecular formula is C35H32ClN3O2. The zero-order chi connectivity index (χ0) is 28.5. The second-order valence-electron chi connectivity index (χ2n) is 10.9. The topological polar surface area (TPSA) is 52.7 Å². The molecule has 206 valence electrons. The number of anilines is 3. The molecular weight excluding hydrogens is 530 g/mol. The third-order valence-electron chi connectivity index (χ3n) is 8.02. The number of rotatable bonds is 5. The summed E-state index contributed by atoms with van der Waals surface area (Å²) in [5, 5.41) is 4.28. The van der Waals surface area contributed by atoms with Gasteiger partial charge in [-0.3, -0.25) is 14.5 Å². The molecule has 6 heteroatoms. The Labute approximate surface area is 246 Å². The first-order valence-corrected chi connectivity index (χ1v) is 14.3. The van der Waals surface area contributed by atoms with Crippen LogP contribution in [0.15, 0.2) is 114 Å². The number of hydrogen-bond donors (Lipinski definition) is 1. The number of benzene rings is 4. The van der Waals surface area contributed by atoms with E-state index in [1.165, 1.54) is 0 Å². The number of nitrogens with one attached hydrogen (secondary N) is 1. The van der Waals surface area contributed by atoms with Crippen molar-refractivity contribution < 1.29 is 9.59 Å². The van der Waals surface area contributed by atoms with E-state index < -0.39 is 6.04 Å². The number of halogens is 1. The summed E-state index contributed by atoms with van der Waals surface area (Å²) >= 11 is 6.16. The van der Waals surface area contributed by atoms with E-state index in [-0.39, 0.29) is 24.0 Å². The summed E-state index contributed by atoms with van der Waals surface area (Å²) in [6.45, 7) is 0. The van der Waals surface area contributed by atoms with Gasteiger partial charge in [0, 0.05) is 42.5 Å². The lowest BCUT2D eigenvalue weighted by atomic mass is 9.78. The predicted molar refractivity (Wildman–Crippen MR) is 167 cm³/mol. The molecule has 1 heterocycles. The molecule has 0 bridgehead atoms. The Morgan fingerprint density at radius 3 is 2.22 bits per heavy atom. The quantitative estimate of drug-likeness (QED) is 0.273. The number of ketones is 1. The molecule has 4 aromatic carbocycles. The molecule has 1 N–H and O–H groups in total. The van der Waals surface area contributed by atoms with Crippen LogP contribution in [0.1, 0.15) is 41.5 Å². The van der Waals surface area contributed by atoms with Crippen molar-refractivity contribution in [3.05, 3.63) is 136 Å². The number of carbonyl (C=O) groups is 2. The second-order valence-corrected chi connectivity index (χ2v) is 11.4. The molecule has 0 unspecified atom stereocenters. The van der Waals surface area contributed by atoms with Crippen molar-refractivity contribution in [3.63, 3.8) is 0 Å². The van der Waals surface area contributed by atoms with Gasteiger partial charge < -0.3 is 10.2 Å². The SMILES string of the molecule is CN(C)c1ccc([C@@H]2C3=C(C[C@@H](c4ccc(Cl)cc4)CC3=O)Nc3ccccc3N2C(=O)Cc2ccccc2)cc1. The van der Waals surface area contributed by atoms with Crippen LogP contribution in [0.3, 0.4) is 0 Å². The number of carbonyl (C=O) groups excluding carboxylic acids is 2. The number of Topliss-reactive ketones (excluding diaryl/α,β-unsaturated/α-hetero) is 1. The van der Waals surface area contributed by atoms with Crippen LogP contribution < -0.4 is 15.1 Å². The van der Waals surface area contributed by atoms with E-state index in [4.69, 9.17) is 11.6 Å². The second kappa shape index (κ2) is 11.3. The maximum atomic E-state index is 14.3. The van der Waals surface area contributed by atoms with Crippen molar-refractivity contribution in [1.82, 2.24) is 0 Å². The molecule has 41 heavy (non-hydrogen) atoms. The first-order chi connectivity index (χ1) is 19.9. The Kier molecular flexibility index (Phi) is 7.38. The van der Waals surface area contributed by atoms with Crippen LogP contribution in [0.5, 0.6) is 0 Å². The van der Waals surface area contributed by atoms with Gasteiger partial charge in [0.15, 0.2) is 5.78 Å². The standard InChI is InChI=1S/C35H32ClN3O2/c1-38(2)28-18-14-25(15-19-28)35-34-30(21-26(22-32(34)40)24-12-16-27(36)17-13-24)37-29-10-6-7-11-31(29)39(35)33(41)20-23-8-4-3-5-9-23/h3-19,26,35,37H,20-22H2,1-2H3/t26-,35-/m1/s1. The van der Waals surface area contributed by atoms with Gasteiger partial charge in [-0.25, -0.2) is 0 Å². The van der Waals surface area contributed by atoms with Crippen molar-refractivity contribution in [2.75, 3.05) is 29.2 Å². The molecule has 6 rings (SSSR count). The summed E-state index contributed by atoms with van der Waals surface area (Å²) in [4.78, 5) is 32.4. The van der Waals surface area contributed by atoms with Crippen LogP contribution in [0.4, 0.5) is 17.1 Å². The van der Waals surface area contributed by atoms with Crippen LogP contribution in [0.25, 0.3) is 0 Å². The number of para-hydroxylation sites is 2. The molecule has 1 amide bonds. The zero-order valence-electron chi connectivity index (χ0n) is 23.2. The molecule has 2 aliphatic rings. The molecule has 0 fully saturated rings. The highest BCUT2D eigenvalue weighted by Crippen LogP contribution is 2.47. The summed E-state index contributed by atoms with van der Waals surface area (Å²) in [7, 11) is 4.00. The molecule has 0 radical (unpaired) electrons. The summed E-state index contributed by atoms with van der Waals surface area (Å²) in [6.07, 6.45) is 1.25. The molecule has 0 aromatic heterocycles. The zero-order valence-corrected chi connectivity index (χ0v) is 23.9. The first-order valence-electron chi connectivity index (χ1n) is 13.9. The Hall–Kier alpha value is -4.35. The van der Waals surface area contributed by atoms with Gasteiger partial charge >= 0.3 is 0 Å². The Morgan fingerprint density at radius 2 is 1.51 bits per heavy atom. The van der Waals surface area contributed by atoms with Crippen molar-refractivity contribution in [2.45, 2.75) is 31.2 Å². The minimum atomic E-state index is -0.563. The molecule has 5 nitrogen and oxygen atoms in total. The lowest BCUT2D eigenvalue weighted by Gasteiger charge is -2.35. The fourth-order valence-corrected chi connectivity index (χ4v) is 6.09. The fraction of sp³-hybridized carbons (Fsp3) is 0.200. The van der Waals surface area contributed by atoms with E-state index in [9.17, 15) is 9.59 Å². The van der Waals surface area contributed by atoms with Crippen LogP contribution in [-0.4, -0.2) is 25.8 Å². The smallest absolute Gasteiger partial charge is 0.232 e. The largest absolute Gasteiger partial charge is 0.378 e. The van der Waals surface area contributed by atoms with Crippen molar-refractivity contribution >= 4 is 40.4 Å². The average Bonchev–Trinajstić information content (AvgIpc) is 3.13. The van der Waals surface area contributed by atoms with Crippen LogP contribution in [0.2, 0.25) is 5.02 Å². The van der Waals surface area contributed by atoms with Crippen molar-refractivity contribution in [3.8, 4) is 0 Å². The summed E-state index contributed by atoms with van der Waals surface area (Å²) < 4.78 is 0. The average molecular weight is 562 g/mol. The number of hydrogen-bond acceptors (Lipinski definition) is 4. The molecule has 1 aliphatic carbocycles. The highest BCUT2D eigenvalue weighted by molar-refractivity contribution is 6.30. The molecule has 2 atom stereocenters. The van der Waals surface area contributed by atoms with Crippen LogP contribution >= 0.6 is 11.6 Å². The summed E-state index contributed by atoms with van der Waals surface area (Å²) in [5.41, 5.74) is 7.07. The van der Waals surface area contributed by atoms with Gasteiger partial charge in [-0.05, 0) is 65.4 Å². The predicted octanol–water partition coefficient (Wildman–Crippen LogP) is 7.55. The fourth-order valence-electron chi connectivity index (χ4n) is 5.96. The van der Waals surface area contributed by atoms with E-state index in [0.29, 0.717) is 23.4 Å². The van der Waals surface area contributed by atoms with Crippen LogP contribution in [0, 0.1) is 0 Å². The normalized spacial score (nSPS) is 18.2. The minimum Gasteiger partial charge on any atom is -0.378 e. The van der Waals surface area contributed by atoms with E-state index in [0.717, 1.165) is 39.4 Å². The Morgan fingerprint density at radius 1 is 0.854 bits per heavy atom. The van der Waals surface area contributed by atoms with Crippen LogP contribution in [-0.2, 0) is 16.0 Å². The molecule has 0 saturated carbocycles. The number of fused-ring (bicyclic) bond motifs is 1. The summed E-state index contributed by atoms with van der Waals surface area (Å²) in [6, 6.07) is 33.0. The number of amides is 1. The van der Waals surface area contributed by atoms with E-state index in [1.807, 2.05) is 127 Å². The van der Waals surface area contributed by atoms with Gasteiger partial charge in [0.05, 0.1) is 23.8 Å². The Balaban J connectivity index is 1.51. The lowest BCUT2D eigenvalue weighted by Crippen LogP contribution is -2.39. The maximum absolute atomic E-state index is 14.3. The van der Waals surface area contributed by atoms with E-state index in [1.54, 1.807) is 0 Å². The van der Waals surface area contributed by atoms with E-state index >= 15 is 0 Å². The Bertz CT molecular complexity index is 1610. The molecule has 4 aromatic rings. The molecule has 1 aliphatic heterocycles. The minimum absolute atomic E-state index is 0.0153. The van der Waals surface area contributed by atoms with Gasteiger partial charge in [-0.1, -0.05) is 78.3 Å². The van der Waals surface area contributed by atoms with Gasteiger partial charge in [-0.15, -0.1) is 0 Å². The first kappa shape index (κ1) is 26.9. The van der Waals surface area contributed by atoms with Crippen molar-refractivity contribution in [1.29, 1.82) is 0 Å². The highest BCUT2D eigenvalue weighted by atomic mass is 35.5. The summed E-state index contributed by atoms with van der Waals surface area (Å²) in [5.74, 6) is 0.000676. The molecule has 0 spiro atoms.